The first-order valence-corrected chi connectivity index (χ1v) is 12.2. The number of pyridine rings is 1. The van der Waals surface area contributed by atoms with Gasteiger partial charge in [-0.1, -0.05) is 29.8 Å². The summed E-state index contributed by atoms with van der Waals surface area (Å²) in [6.07, 6.45) is 1.96. The van der Waals surface area contributed by atoms with Crippen molar-refractivity contribution in [1.82, 2.24) is 19.9 Å². The number of benzene rings is 3. The van der Waals surface area contributed by atoms with Crippen LogP contribution in [-0.2, 0) is 7.05 Å². The highest BCUT2D eigenvalue weighted by Crippen LogP contribution is 2.35. The molecule has 0 spiro atoms. The van der Waals surface area contributed by atoms with Crippen molar-refractivity contribution in [2.45, 2.75) is 26.8 Å². The van der Waals surface area contributed by atoms with Crippen molar-refractivity contribution in [2.24, 2.45) is 7.05 Å². The molecule has 0 bridgehead atoms. The van der Waals surface area contributed by atoms with Gasteiger partial charge in [0.15, 0.2) is 5.76 Å². The SMILES string of the molecule is Cc1cc([C@@H](C)Nc2ccccc2-c2cc(O)no2)c2cc(-c3ccc4c(c3)c(C)nn4C)ncc2c1. The second-order valence-electron chi connectivity index (χ2n) is 9.55. The largest absolute Gasteiger partial charge is 0.491 e. The van der Waals surface area contributed by atoms with Crippen LogP contribution in [0.1, 0.15) is 29.8 Å². The van der Waals surface area contributed by atoms with Gasteiger partial charge in [-0.15, -0.1) is 0 Å². The number of hydrogen-bond donors (Lipinski definition) is 2. The lowest BCUT2D eigenvalue weighted by atomic mass is 9.96. The number of para-hydroxylation sites is 1. The van der Waals surface area contributed by atoms with Gasteiger partial charge in [-0.2, -0.15) is 5.10 Å². The summed E-state index contributed by atoms with van der Waals surface area (Å²) < 4.78 is 7.23. The zero-order valence-corrected chi connectivity index (χ0v) is 21.1. The molecule has 0 aliphatic rings. The fraction of sp³-hybridized carbons (Fsp3) is 0.167. The molecule has 37 heavy (non-hydrogen) atoms. The standard InChI is InChI=1S/C30H27N5O2/c1-17-11-21-16-31-27(20-9-10-28-24(13-20)19(3)33-35(28)4)14-25(21)23(12-17)18(2)32-26-8-6-5-7-22(26)29-15-30(36)34-37-29/h5-16,18,32H,1-4H3,(H,34,36)/t18-/m1/s1. The van der Waals surface area contributed by atoms with E-state index < -0.39 is 0 Å². The first-order chi connectivity index (χ1) is 17.9. The van der Waals surface area contributed by atoms with Crippen LogP contribution < -0.4 is 5.32 Å². The number of nitrogens with zero attached hydrogens (tertiary/aromatic N) is 4. The van der Waals surface area contributed by atoms with Crippen molar-refractivity contribution in [2.75, 3.05) is 5.32 Å². The van der Waals surface area contributed by atoms with Crippen LogP contribution in [-0.4, -0.2) is 25.0 Å². The molecule has 0 amide bonds. The monoisotopic (exact) mass is 489 g/mol. The van der Waals surface area contributed by atoms with Crippen molar-refractivity contribution in [3.8, 4) is 28.5 Å². The summed E-state index contributed by atoms with van der Waals surface area (Å²) in [4.78, 5) is 4.81. The van der Waals surface area contributed by atoms with Crippen molar-refractivity contribution in [3.05, 3.63) is 89.7 Å². The molecule has 3 heterocycles. The summed E-state index contributed by atoms with van der Waals surface area (Å²) in [5.41, 5.74) is 8.18. The minimum absolute atomic E-state index is 0.0154. The van der Waals surface area contributed by atoms with E-state index in [2.05, 4.69) is 65.8 Å². The van der Waals surface area contributed by atoms with Gasteiger partial charge in [-0.3, -0.25) is 9.67 Å². The number of hydrogen-bond acceptors (Lipinski definition) is 6. The molecule has 0 fully saturated rings. The quantitative estimate of drug-likeness (QED) is 0.273. The Balaban J connectivity index is 1.42. The second-order valence-corrected chi connectivity index (χ2v) is 9.55. The van der Waals surface area contributed by atoms with Crippen LogP contribution in [0.3, 0.4) is 0 Å². The van der Waals surface area contributed by atoms with Gasteiger partial charge in [0.05, 0.1) is 16.9 Å². The van der Waals surface area contributed by atoms with Gasteiger partial charge in [0.25, 0.3) is 5.88 Å². The smallest absolute Gasteiger partial charge is 0.252 e. The van der Waals surface area contributed by atoms with Crippen LogP contribution >= 0.6 is 0 Å². The third kappa shape index (κ3) is 4.08. The summed E-state index contributed by atoms with van der Waals surface area (Å²) in [5.74, 6) is 0.372. The number of fused-ring (bicyclic) bond motifs is 2. The summed E-state index contributed by atoms with van der Waals surface area (Å²) in [7, 11) is 1.97. The molecule has 6 aromatic rings. The Morgan fingerprint density at radius 3 is 2.62 bits per heavy atom. The second kappa shape index (κ2) is 8.78. The molecule has 2 N–H and O–H groups in total. The number of aryl methyl sites for hydroxylation is 3. The maximum absolute atomic E-state index is 9.67. The van der Waals surface area contributed by atoms with Gasteiger partial charge >= 0.3 is 0 Å². The topological polar surface area (TPSA) is 89.0 Å². The highest BCUT2D eigenvalue weighted by atomic mass is 16.5. The van der Waals surface area contributed by atoms with E-state index in [4.69, 9.17) is 9.51 Å². The fourth-order valence-electron chi connectivity index (χ4n) is 5.08. The first kappa shape index (κ1) is 22.8. The minimum atomic E-state index is -0.137. The molecule has 1 atom stereocenters. The molecule has 3 aromatic heterocycles. The zero-order chi connectivity index (χ0) is 25.7. The first-order valence-electron chi connectivity index (χ1n) is 12.2. The van der Waals surface area contributed by atoms with E-state index in [0.717, 1.165) is 49.9 Å². The molecule has 0 saturated carbocycles. The lowest BCUT2D eigenvalue weighted by Gasteiger charge is -2.20. The van der Waals surface area contributed by atoms with Crippen LogP contribution in [0, 0.1) is 13.8 Å². The molecule has 0 aliphatic heterocycles. The summed E-state index contributed by atoms with van der Waals surface area (Å²) >= 11 is 0. The Morgan fingerprint density at radius 2 is 1.81 bits per heavy atom. The van der Waals surface area contributed by atoms with Crippen LogP contribution in [0.5, 0.6) is 5.88 Å². The van der Waals surface area contributed by atoms with Crippen molar-refractivity contribution in [3.63, 3.8) is 0 Å². The van der Waals surface area contributed by atoms with Crippen LogP contribution in [0.2, 0.25) is 0 Å². The Hall–Kier alpha value is -4.65. The average Bonchev–Trinajstić information content (AvgIpc) is 3.45. The van der Waals surface area contributed by atoms with Crippen molar-refractivity contribution >= 4 is 27.4 Å². The van der Waals surface area contributed by atoms with Gasteiger partial charge in [-0.25, -0.2) is 0 Å². The molecule has 3 aromatic carbocycles. The number of rotatable bonds is 5. The molecule has 0 aliphatic carbocycles. The van der Waals surface area contributed by atoms with Gasteiger partial charge in [0.2, 0.25) is 0 Å². The normalized spacial score (nSPS) is 12.3. The maximum atomic E-state index is 9.67. The predicted molar refractivity (Wildman–Crippen MR) is 147 cm³/mol. The molecule has 0 radical (unpaired) electrons. The fourth-order valence-corrected chi connectivity index (χ4v) is 5.08. The van der Waals surface area contributed by atoms with E-state index in [-0.39, 0.29) is 11.9 Å². The number of aromatic nitrogens is 4. The van der Waals surface area contributed by atoms with Crippen molar-refractivity contribution in [1.29, 1.82) is 0 Å². The summed E-state index contributed by atoms with van der Waals surface area (Å²) in [6, 6.07) is 22.3. The zero-order valence-electron chi connectivity index (χ0n) is 21.1. The van der Waals surface area contributed by atoms with E-state index in [9.17, 15) is 5.11 Å². The third-order valence-corrected chi connectivity index (χ3v) is 6.87. The lowest BCUT2D eigenvalue weighted by molar-refractivity contribution is 0.365. The van der Waals surface area contributed by atoms with Crippen molar-refractivity contribution < 1.29 is 9.63 Å². The Kier molecular flexibility index (Phi) is 5.41. The molecule has 184 valence electrons. The van der Waals surface area contributed by atoms with Gasteiger partial charge in [0.1, 0.15) is 0 Å². The molecule has 7 nitrogen and oxygen atoms in total. The Morgan fingerprint density at radius 1 is 0.973 bits per heavy atom. The summed E-state index contributed by atoms with van der Waals surface area (Å²) in [6.45, 7) is 6.29. The number of anilines is 1. The van der Waals surface area contributed by atoms with E-state index in [1.165, 1.54) is 17.2 Å². The highest BCUT2D eigenvalue weighted by molar-refractivity contribution is 5.92. The summed E-state index contributed by atoms with van der Waals surface area (Å²) in [5, 5.41) is 24.9. The van der Waals surface area contributed by atoms with Gasteiger partial charge < -0.3 is 14.9 Å². The van der Waals surface area contributed by atoms with Gasteiger partial charge in [-0.05, 0) is 73.3 Å². The third-order valence-electron chi connectivity index (χ3n) is 6.87. The van der Waals surface area contributed by atoms with E-state index in [1.54, 1.807) is 0 Å². The maximum Gasteiger partial charge on any atom is 0.252 e. The Bertz CT molecular complexity index is 1780. The van der Waals surface area contributed by atoms with Crippen LogP contribution in [0.4, 0.5) is 5.69 Å². The number of nitrogens with one attached hydrogen (secondary N) is 1. The molecule has 0 saturated heterocycles. The molecular formula is C30H27N5O2. The lowest BCUT2D eigenvalue weighted by Crippen LogP contribution is -2.08. The van der Waals surface area contributed by atoms with Crippen LogP contribution in [0.25, 0.3) is 44.3 Å². The van der Waals surface area contributed by atoms with Crippen LogP contribution in [0.15, 0.2) is 77.4 Å². The predicted octanol–water partition coefficient (Wildman–Crippen LogP) is 6.94. The molecular weight excluding hydrogens is 462 g/mol. The number of aromatic hydroxyl groups is 1. The minimum Gasteiger partial charge on any atom is -0.491 e. The average molecular weight is 490 g/mol. The molecule has 7 heteroatoms. The van der Waals surface area contributed by atoms with Gasteiger partial charge in [0, 0.05) is 52.9 Å². The van der Waals surface area contributed by atoms with E-state index >= 15 is 0 Å². The van der Waals surface area contributed by atoms with E-state index in [0.29, 0.717) is 5.76 Å². The molecule has 6 rings (SSSR count). The molecule has 0 unspecified atom stereocenters. The highest BCUT2D eigenvalue weighted by Gasteiger charge is 2.16. The van der Waals surface area contributed by atoms with E-state index in [1.807, 2.05) is 49.1 Å². The Labute approximate surface area is 214 Å².